The van der Waals surface area contributed by atoms with Gasteiger partial charge in [0.2, 0.25) is 0 Å². The van der Waals surface area contributed by atoms with Gasteiger partial charge in [0.1, 0.15) is 6.04 Å². The van der Waals surface area contributed by atoms with Gasteiger partial charge in [-0.3, -0.25) is 4.90 Å². The van der Waals surface area contributed by atoms with Crippen molar-refractivity contribution in [3.63, 3.8) is 0 Å². The van der Waals surface area contributed by atoms with E-state index >= 15 is 0 Å². The van der Waals surface area contributed by atoms with Crippen molar-refractivity contribution in [1.29, 1.82) is 0 Å². The Morgan fingerprint density at radius 3 is 1.96 bits per heavy atom. The first kappa shape index (κ1) is 15.0. The fourth-order valence-corrected chi connectivity index (χ4v) is 5.05. The number of carbonyl (C=O) groups excluding carboxylic acids is 1. The second-order valence-electron chi connectivity index (χ2n) is 7.58. The van der Waals surface area contributed by atoms with Crippen LogP contribution in [0.1, 0.15) is 49.0 Å². The Labute approximate surface area is 148 Å². The first-order valence-electron chi connectivity index (χ1n) is 9.43. The van der Waals surface area contributed by atoms with Crippen LogP contribution in [0, 0.1) is 11.8 Å². The summed E-state index contributed by atoms with van der Waals surface area (Å²) in [4.78, 5) is 14.9. The number of hydrogen-bond acceptors (Lipinski definition) is 2. The number of cyclic esters (lactones) is 1. The van der Waals surface area contributed by atoms with Crippen LogP contribution in [0.15, 0.2) is 60.7 Å². The fraction of sp³-hybridized carbons (Fsp3) is 0.409. The quantitative estimate of drug-likeness (QED) is 0.781. The average Bonchev–Trinajstić information content (AvgIpc) is 3.29. The molecular formula is C22H23NO2. The van der Waals surface area contributed by atoms with Gasteiger partial charge >= 0.3 is 6.09 Å². The van der Waals surface area contributed by atoms with Crippen LogP contribution in [0.5, 0.6) is 0 Å². The van der Waals surface area contributed by atoms with Crippen LogP contribution < -0.4 is 0 Å². The predicted octanol–water partition coefficient (Wildman–Crippen LogP) is 5.11. The topological polar surface area (TPSA) is 29.5 Å². The smallest absolute Gasteiger partial charge is 0.411 e. The molecular weight excluding hydrogens is 310 g/mol. The third-order valence-corrected chi connectivity index (χ3v) is 6.23. The number of rotatable bonds is 3. The Morgan fingerprint density at radius 1 is 0.800 bits per heavy atom. The lowest BCUT2D eigenvalue weighted by atomic mass is 9.95. The van der Waals surface area contributed by atoms with Crippen molar-refractivity contribution in [3.05, 3.63) is 71.8 Å². The highest BCUT2D eigenvalue weighted by Gasteiger charge is 2.60. The van der Waals surface area contributed by atoms with Gasteiger partial charge < -0.3 is 4.74 Å². The van der Waals surface area contributed by atoms with Gasteiger partial charge in [-0.2, -0.15) is 0 Å². The van der Waals surface area contributed by atoms with E-state index < -0.39 is 0 Å². The number of amides is 1. The van der Waals surface area contributed by atoms with E-state index in [1.54, 1.807) is 0 Å². The molecule has 3 heteroatoms. The number of benzene rings is 2. The van der Waals surface area contributed by atoms with Crippen LogP contribution in [0.4, 0.5) is 4.79 Å². The molecule has 0 N–H and O–H groups in total. The maximum atomic E-state index is 12.9. The van der Waals surface area contributed by atoms with Crippen molar-refractivity contribution in [2.24, 2.45) is 11.8 Å². The van der Waals surface area contributed by atoms with Crippen LogP contribution in [-0.2, 0) is 4.74 Å². The summed E-state index contributed by atoms with van der Waals surface area (Å²) >= 11 is 0. The molecule has 0 bridgehead atoms. The molecule has 0 radical (unpaired) electrons. The molecule has 1 saturated heterocycles. The average molecular weight is 333 g/mol. The Bertz CT molecular complexity index is 748. The molecule has 2 saturated carbocycles. The van der Waals surface area contributed by atoms with Crippen molar-refractivity contribution in [2.75, 3.05) is 0 Å². The lowest BCUT2D eigenvalue weighted by molar-refractivity contribution is 0.129. The van der Waals surface area contributed by atoms with Crippen molar-refractivity contribution in [2.45, 2.75) is 43.9 Å². The Balaban J connectivity index is 1.54. The Morgan fingerprint density at radius 2 is 1.36 bits per heavy atom. The number of nitrogens with zero attached hydrogens (tertiary/aromatic N) is 1. The van der Waals surface area contributed by atoms with E-state index in [4.69, 9.17) is 4.74 Å². The third kappa shape index (κ3) is 2.45. The molecule has 128 valence electrons. The molecule has 3 nitrogen and oxygen atoms in total. The number of carbonyl (C=O) groups is 1. The number of hydrogen-bond donors (Lipinski definition) is 0. The highest BCUT2D eigenvalue weighted by molar-refractivity contribution is 5.73. The van der Waals surface area contributed by atoms with E-state index in [-0.39, 0.29) is 18.2 Å². The zero-order chi connectivity index (χ0) is 16.8. The van der Waals surface area contributed by atoms with E-state index in [1.165, 1.54) is 31.2 Å². The maximum absolute atomic E-state index is 12.9. The van der Waals surface area contributed by atoms with Gasteiger partial charge in [0.25, 0.3) is 0 Å². The molecule has 1 amide bonds. The molecule has 0 spiro atoms. The van der Waals surface area contributed by atoms with Gasteiger partial charge in [-0.05, 0) is 35.8 Å². The first-order valence-corrected chi connectivity index (χ1v) is 9.43. The molecule has 1 aliphatic heterocycles. The summed E-state index contributed by atoms with van der Waals surface area (Å²) in [5.74, 6) is 1.36. The maximum Gasteiger partial charge on any atom is 0.411 e. The van der Waals surface area contributed by atoms with E-state index in [2.05, 4.69) is 41.3 Å². The Kier molecular flexibility index (Phi) is 3.54. The normalized spacial score (nSPS) is 33.7. The summed E-state index contributed by atoms with van der Waals surface area (Å²) in [6.07, 6.45) is 4.77. The minimum Gasteiger partial charge on any atom is -0.439 e. The van der Waals surface area contributed by atoms with Gasteiger partial charge in [-0.15, -0.1) is 0 Å². The van der Waals surface area contributed by atoms with Gasteiger partial charge in [0, 0.05) is 6.04 Å². The number of fused-ring (bicyclic) bond motifs is 1. The SMILES string of the molecule is O=C1O[C@@H](c2ccccc2)[C@@H](c2ccccc2)N1C1[C@H]2CCCC[C@@H]12. The monoisotopic (exact) mass is 333 g/mol. The Hall–Kier alpha value is -2.29. The van der Waals surface area contributed by atoms with E-state index in [0.717, 1.165) is 5.56 Å². The summed E-state index contributed by atoms with van der Waals surface area (Å²) in [6.45, 7) is 0. The molecule has 2 aromatic carbocycles. The van der Waals surface area contributed by atoms with Crippen LogP contribution in [-0.4, -0.2) is 17.0 Å². The standard InChI is InChI=1S/C22H23NO2/c24-22-23(20-17-13-7-8-14-18(17)20)19(15-9-3-1-4-10-15)21(25-22)16-11-5-2-6-12-16/h1-6,9-12,17-21H,7-8,13-14H2/t17-,18+,19-,20?,21+/m1/s1. The van der Waals surface area contributed by atoms with E-state index in [1.807, 2.05) is 24.3 Å². The fourth-order valence-electron chi connectivity index (χ4n) is 5.05. The molecule has 25 heavy (non-hydrogen) atoms. The van der Waals surface area contributed by atoms with Crippen molar-refractivity contribution >= 4 is 6.09 Å². The van der Waals surface area contributed by atoms with Gasteiger partial charge in [0.05, 0.1) is 0 Å². The van der Waals surface area contributed by atoms with Gasteiger partial charge in [-0.25, -0.2) is 4.79 Å². The van der Waals surface area contributed by atoms with Crippen LogP contribution in [0.2, 0.25) is 0 Å². The minimum absolute atomic E-state index is 0.0216. The summed E-state index contributed by atoms with van der Waals surface area (Å²) in [7, 11) is 0. The second kappa shape index (κ2) is 5.91. The molecule has 3 fully saturated rings. The largest absolute Gasteiger partial charge is 0.439 e. The van der Waals surface area contributed by atoms with Crippen molar-refractivity contribution < 1.29 is 9.53 Å². The number of ether oxygens (including phenoxy) is 1. The lowest BCUT2D eigenvalue weighted by Crippen LogP contribution is -2.32. The van der Waals surface area contributed by atoms with Crippen molar-refractivity contribution in [1.82, 2.24) is 4.90 Å². The summed E-state index contributed by atoms with van der Waals surface area (Å²) < 4.78 is 5.92. The molecule has 2 aromatic rings. The highest BCUT2D eigenvalue weighted by atomic mass is 16.6. The third-order valence-electron chi connectivity index (χ3n) is 6.23. The lowest BCUT2D eigenvalue weighted by Gasteiger charge is -2.26. The molecule has 1 unspecified atom stereocenters. The molecule has 3 aliphatic rings. The van der Waals surface area contributed by atoms with E-state index in [9.17, 15) is 4.79 Å². The van der Waals surface area contributed by atoms with Crippen LogP contribution in [0.3, 0.4) is 0 Å². The second-order valence-corrected chi connectivity index (χ2v) is 7.58. The summed E-state index contributed by atoms with van der Waals surface area (Å²) in [6, 6.07) is 20.9. The minimum atomic E-state index is -0.223. The zero-order valence-corrected chi connectivity index (χ0v) is 14.3. The first-order chi connectivity index (χ1) is 12.3. The molecule has 2 aliphatic carbocycles. The van der Waals surface area contributed by atoms with Gasteiger partial charge in [-0.1, -0.05) is 73.5 Å². The zero-order valence-electron chi connectivity index (χ0n) is 14.3. The summed E-state index contributed by atoms with van der Waals surface area (Å²) in [5.41, 5.74) is 2.25. The van der Waals surface area contributed by atoms with Crippen LogP contribution >= 0.6 is 0 Å². The summed E-state index contributed by atoms with van der Waals surface area (Å²) in [5, 5.41) is 0. The molecule has 5 atom stereocenters. The van der Waals surface area contributed by atoms with Gasteiger partial charge in [0.15, 0.2) is 6.10 Å². The van der Waals surface area contributed by atoms with Crippen LogP contribution in [0.25, 0.3) is 0 Å². The van der Waals surface area contributed by atoms with E-state index in [0.29, 0.717) is 17.9 Å². The highest BCUT2D eigenvalue weighted by Crippen LogP contribution is 2.58. The predicted molar refractivity (Wildman–Crippen MR) is 95.9 cm³/mol. The molecule has 1 heterocycles. The van der Waals surface area contributed by atoms with Crippen molar-refractivity contribution in [3.8, 4) is 0 Å². The molecule has 5 rings (SSSR count). The molecule has 0 aromatic heterocycles.